The number of carbonyl (C=O) groups is 1. The Morgan fingerprint density at radius 2 is 2.17 bits per heavy atom. The van der Waals surface area contributed by atoms with Crippen molar-refractivity contribution in [2.24, 2.45) is 0 Å². The smallest absolute Gasteiger partial charge is 0.328 e. The lowest BCUT2D eigenvalue weighted by Crippen LogP contribution is -2.49. The summed E-state index contributed by atoms with van der Waals surface area (Å²) in [6, 6.07) is 0. The highest BCUT2D eigenvalue weighted by Gasteiger charge is 2.37. The topological polar surface area (TPSA) is 40.5 Å². The summed E-state index contributed by atoms with van der Waals surface area (Å²) in [7, 11) is 3.55. The van der Waals surface area contributed by atoms with Crippen LogP contribution in [-0.2, 0) is 4.79 Å². The molecular weight excluding hydrogens is 154 g/mol. The Balaban J connectivity index is 2.96. The summed E-state index contributed by atoms with van der Waals surface area (Å²) in [5.41, 5.74) is -0.839. The van der Waals surface area contributed by atoms with Gasteiger partial charge in [0.05, 0.1) is 0 Å². The highest BCUT2D eigenvalue weighted by atomic mass is 16.4. The highest BCUT2D eigenvalue weighted by molar-refractivity contribution is 5.82. The lowest BCUT2D eigenvalue weighted by Gasteiger charge is -2.33. The van der Waals surface area contributed by atoms with Crippen LogP contribution in [-0.4, -0.2) is 35.6 Å². The van der Waals surface area contributed by atoms with Gasteiger partial charge >= 0.3 is 5.97 Å². The molecule has 0 radical (unpaired) electrons. The third-order valence-corrected chi connectivity index (χ3v) is 2.22. The van der Waals surface area contributed by atoms with E-state index in [2.05, 4.69) is 0 Å². The number of aliphatic carboxylic acids is 1. The first kappa shape index (κ1) is 9.00. The Labute approximate surface area is 72.0 Å². The summed E-state index contributed by atoms with van der Waals surface area (Å²) >= 11 is 0. The van der Waals surface area contributed by atoms with Crippen molar-refractivity contribution in [2.45, 2.75) is 12.0 Å². The predicted octanol–water partition coefficient (Wildman–Crippen LogP) is 0.887. The summed E-state index contributed by atoms with van der Waals surface area (Å²) < 4.78 is 0. The van der Waals surface area contributed by atoms with Crippen LogP contribution in [0.3, 0.4) is 0 Å². The second-order valence-electron chi connectivity index (χ2n) is 3.12. The molecule has 1 N–H and O–H groups in total. The number of likely N-dealkylation sites (N-methyl/N-ethyl adjacent to an activating group) is 1. The SMILES string of the molecule is CN(C)C1(C(=O)O)C=CC=CC1. The molecule has 0 spiro atoms. The van der Waals surface area contributed by atoms with E-state index in [4.69, 9.17) is 5.11 Å². The molecule has 1 unspecified atom stereocenters. The standard InChI is InChI=1S/C9H13NO2/c1-10(2)9(8(11)12)6-4-3-5-7-9/h3-6H,7H2,1-2H3,(H,11,12). The van der Waals surface area contributed by atoms with Crippen LogP contribution in [0.2, 0.25) is 0 Å². The molecule has 0 aromatic heterocycles. The van der Waals surface area contributed by atoms with E-state index in [9.17, 15) is 4.79 Å². The molecule has 0 aromatic rings. The van der Waals surface area contributed by atoms with Crippen molar-refractivity contribution < 1.29 is 9.90 Å². The van der Waals surface area contributed by atoms with Gasteiger partial charge in [-0.1, -0.05) is 24.3 Å². The van der Waals surface area contributed by atoms with Gasteiger partial charge in [-0.15, -0.1) is 0 Å². The van der Waals surface area contributed by atoms with E-state index in [-0.39, 0.29) is 0 Å². The Morgan fingerprint density at radius 1 is 1.50 bits per heavy atom. The number of rotatable bonds is 2. The molecule has 1 rings (SSSR count). The van der Waals surface area contributed by atoms with Gasteiger partial charge in [-0.05, 0) is 20.5 Å². The van der Waals surface area contributed by atoms with Crippen molar-refractivity contribution in [3.05, 3.63) is 24.3 Å². The summed E-state index contributed by atoms with van der Waals surface area (Å²) in [5.74, 6) is -0.798. The van der Waals surface area contributed by atoms with E-state index < -0.39 is 11.5 Å². The van der Waals surface area contributed by atoms with Gasteiger partial charge in [-0.3, -0.25) is 4.90 Å². The van der Waals surface area contributed by atoms with E-state index in [0.717, 1.165) is 0 Å². The van der Waals surface area contributed by atoms with Crippen LogP contribution in [0.4, 0.5) is 0 Å². The molecule has 3 nitrogen and oxygen atoms in total. The van der Waals surface area contributed by atoms with Gasteiger partial charge in [0.25, 0.3) is 0 Å². The van der Waals surface area contributed by atoms with E-state index in [1.54, 1.807) is 31.1 Å². The fourth-order valence-corrected chi connectivity index (χ4v) is 1.29. The van der Waals surface area contributed by atoms with Gasteiger partial charge in [0.15, 0.2) is 0 Å². The largest absolute Gasteiger partial charge is 0.480 e. The van der Waals surface area contributed by atoms with Crippen LogP contribution >= 0.6 is 0 Å². The maximum atomic E-state index is 11.0. The Morgan fingerprint density at radius 3 is 2.42 bits per heavy atom. The molecule has 1 aliphatic rings. The minimum absolute atomic E-state index is 0.534. The van der Waals surface area contributed by atoms with E-state index in [1.165, 1.54) is 0 Å². The average molecular weight is 167 g/mol. The molecular formula is C9H13NO2. The first-order valence-corrected chi connectivity index (χ1v) is 3.85. The second-order valence-corrected chi connectivity index (χ2v) is 3.12. The van der Waals surface area contributed by atoms with Gasteiger partial charge in [-0.2, -0.15) is 0 Å². The van der Waals surface area contributed by atoms with Crippen molar-refractivity contribution in [3.8, 4) is 0 Å². The molecule has 0 saturated heterocycles. The number of carboxylic acid groups (broad SMARTS) is 1. The number of hydrogen-bond acceptors (Lipinski definition) is 2. The number of allylic oxidation sites excluding steroid dienone is 2. The molecule has 0 saturated carbocycles. The molecule has 0 heterocycles. The maximum Gasteiger partial charge on any atom is 0.328 e. The highest BCUT2D eigenvalue weighted by Crippen LogP contribution is 2.23. The molecule has 0 aliphatic heterocycles. The first-order valence-electron chi connectivity index (χ1n) is 3.85. The molecule has 1 atom stereocenters. The first-order chi connectivity index (χ1) is 5.59. The fraction of sp³-hybridized carbons (Fsp3) is 0.444. The van der Waals surface area contributed by atoms with Crippen LogP contribution in [0.5, 0.6) is 0 Å². The normalized spacial score (nSPS) is 27.9. The predicted molar refractivity (Wildman–Crippen MR) is 47.0 cm³/mol. The molecule has 66 valence electrons. The summed E-state index contributed by atoms with van der Waals surface area (Å²) in [6.07, 6.45) is 7.76. The summed E-state index contributed by atoms with van der Waals surface area (Å²) in [6.45, 7) is 0. The number of nitrogens with zero attached hydrogens (tertiary/aromatic N) is 1. The van der Waals surface area contributed by atoms with Gasteiger partial charge in [0, 0.05) is 0 Å². The minimum Gasteiger partial charge on any atom is -0.480 e. The minimum atomic E-state index is -0.839. The molecule has 0 fully saturated rings. The molecule has 0 amide bonds. The van der Waals surface area contributed by atoms with Gasteiger partial charge in [0.2, 0.25) is 0 Å². The van der Waals surface area contributed by atoms with Gasteiger partial charge < -0.3 is 5.11 Å². The van der Waals surface area contributed by atoms with Crippen LogP contribution in [0.1, 0.15) is 6.42 Å². The zero-order chi connectivity index (χ0) is 9.19. The quantitative estimate of drug-likeness (QED) is 0.664. The van der Waals surface area contributed by atoms with Crippen LogP contribution in [0.15, 0.2) is 24.3 Å². The van der Waals surface area contributed by atoms with E-state index in [1.807, 2.05) is 12.2 Å². The lowest BCUT2D eigenvalue weighted by molar-refractivity contribution is -0.146. The van der Waals surface area contributed by atoms with Crippen molar-refractivity contribution in [2.75, 3.05) is 14.1 Å². The average Bonchev–Trinajstić information content (AvgIpc) is 2.05. The molecule has 0 aromatic carbocycles. The molecule has 3 heteroatoms. The maximum absolute atomic E-state index is 11.0. The monoisotopic (exact) mass is 167 g/mol. The van der Waals surface area contributed by atoms with Gasteiger partial charge in [0.1, 0.15) is 5.54 Å². The Hall–Kier alpha value is -1.09. The summed E-state index contributed by atoms with van der Waals surface area (Å²) in [4.78, 5) is 12.7. The zero-order valence-corrected chi connectivity index (χ0v) is 7.32. The van der Waals surface area contributed by atoms with Crippen molar-refractivity contribution in [1.82, 2.24) is 4.90 Å². The van der Waals surface area contributed by atoms with Crippen molar-refractivity contribution >= 4 is 5.97 Å². The third kappa shape index (κ3) is 1.28. The van der Waals surface area contributed by atoms with Crippen molar-refractivity contribution in [3.63, 3.8) is 0 Å². The van der Waals surface area contributed by atoms with Gasteiger partial charge in [-0.25, -0.2) is 4.79 Å². The van der Waals surface area contributed by atoms with Crippen molar-refractivity contribution in [1.29, 1.82) is 0 Å². The Bertz CT molecular complexity index is 243. The van der Waals surface area contributed by atoms with E-state index in [0.29, 0.717) is 6.42 Å². The van der Waals surface area contributed by atoms with Crippen LogP contribution in [0.25, 0.3) is 0 Å². The molecule has 0 bridgehead atoms. The van der Waals surface area contributed by atoms with Crippen LogP contribution < -0.4 is 0 Å². The number of hydrogen-bond donors (Lipinski definition) is 1. The number of carboxylic acids is 1. The lowest BCUT2D eigenvalue weighted by atomic mass is 9.90. The third-order valence-electron chi connectivity index (χ3n) is 2.22. The summed E-state index contributed by atoms with van der Waals surface area (Å²) in [5, 5.41) is 9.03. The molecule has 12 heavy (non-hydrogen) atoms. The second kappa shape index (κ2) is 3.11. The van der Waals surface area contributed by atoms with E-state index >= 15 is 0 Å². The Kier molecular flexibility index (Phi) is 2.33. The van der Waals surface area contributed by atoms with Crippen LogP contribution in [0, 0.1) is 0 Å². The zero-order valence-electron chi connectivity index (χ0n) is 7.32. The fourth-order valence-electron chi connectivity index (χ4n) is 1.29. The molecule has 1 aliphatic carbocycles.